The maximum Gasteiger partial charge on any atom is 0.252 e. The zero-order valence-electron chi connectivity index (χ0n) is 15.4. The quantitative estimate of drug-likeness (QED) is 0.467. The Hall–Kier alpha value is -2.28. The molecule has 2 aromatic rings. The van der Waals surface area contributed by atoms with Crippen LogP contribution in [0.3, 0.4) is 0 Å². The third-order valence-electron chi connectivity index (χ3n) is 4.37. The Labute approximate surface area is 164 Å². The van der Waals surface area contributed by atoms with Crippen LogP contribution in [0.1, 0.15) is 34.9 Å². The maximum atomic E-state index is 11.3. The molecule has 146 valence electrons. The number of aliphatic hydroxyl groups excluding tert-OH is 1. The number of hydrogen-bond donors (Lipinski definition) is 4. The van der Waals surface area contributed by atoms with Gasteiger partial charge in [-0.1, -0.05) is 17.7 Å². The van der Waals surface area contributed by atoms with Crippen LogP contribution in [0.25, 0.3) is 0 Å². The van der Waals surface area contributed by atoms with Gasteiger partial charge in [0.05, 0.1) is 11.7 Å². The van der Waals surface area contributed by atoms with Gasteiger partial charge in [0.15, 0.2) is 0 Å². The second-order valence-electron chi connectivity index (χ2n) is 6.47. The maximum absolute atomic E-state index is 11.3. The van der Waals surface area contributed by atoms with Gasteiger partial charge in [-0.05, 0) is 61.3 Å². The fourth-order valence-corrected chi connectivity index (χ4v) is 2.86. The number of carbonyl (C=O) groups excluding carboxylic acids is 1. The second-order valence-corrected chi connectivity index (χ2v) is 6.90. The highest BCUT2D eigenvalue weighted by molar-refractivity contribution is 6.30. The lowest BCUT2D eigenvalue weighted by Gasteiger charge is -2.19. The molecule has 0 saturated carbocycles. The summed E-state index contributed by atoms with van der Waals surface area (Å²) in [7, 11) is 2.04. The third-order valence-corrected chi connectivity index (χ3v) is 4.62. The Kier molecular flexibility index (Phi) is 7.91. The molecular formula is C20H26ClN3O3. The summed E-state index contributed by atoms with van der Waals surface area (Å²) in [6.07, 6.45) is 1.19. The highest BCUT2D eigenvalue weighted by Crippen LogP contribution is 2.22. The fraction of sp³-hybridized carbons (Fsp3) is 0.350. The number of aromatic hydroxyl groups is 1. The number of benzene rings is 2. The minimum atomic E-state index is -0.777. The fourth-order valence-electron chi connectivity index (χ4n) is 2.74. The molecule has 0 radical (unpaired) electrons. The van der Waals surface area contributed by atoms with Gasteiger partial charge in [-0.15, -0.1) is 0 Å². The van der Waals surface area contributed by atoms with Gasteiger partial charge in [-0.25, -0.2) is 0 Å². The molecule has 7 heteroatoms. The molecule has 2 aromatic carbocycles. The number of phenols is 1. The number of halogens is 1. The monoisotopic (exact) mass is 391 g/mol. The minimum Gasteiger partial charge on any atom is -0.507 e. The summed E-state index contributed by atoms with van der Waals surface area (Å²) in [5.74, 6) is -0.907. The first kappa shape index (κ1) is 21.0. The highest BCUT2D eigenvalue weighted by atomic mass is 35.5. The molecule has 0 saturated heterocycles. The smallest absolute Gasteiger partial charge is 0.252 e. The van der Waals surface area contributed by atoms with E-state index in [4.69, 9.17) is 17.3 Å². The zero-order chi connectivity index (χ0) is 19.8. The molecule has 1 atom stereocenters. The molecule has 0 aliphatic carbocycles. The van der Waals surface area contributed by atoms with Crippen molar-refractivity contribution < 1.29 is 15.0 Å². The lowest BCUT2D eigenvalue weighted by molar-refractivity contribution is 0.0997. The van der Waals surface area contributed by atoms with Gasteiger partial charge < -0.3 is 26.2 Å². The molecule has 0 aliphatic rings. The summed E-state index contributed by atoms with van der Waals surface area (Å²) < 4.78 is 0. The SMILES string of the molecule is CN(CCCCNCC(O)c1ccc(O)c(C(N)=O)c1)c1ccc(Cl)cc1. The van der Waals surface area contributed by atoms with Crippen molar-refractivity contribution in [2.75, 3.05) is 31.6 Å². The standard InChI is InChI=1S/C20H26ClN3O3/c1-24(16-7-5-15(21)6-8-16)11-3-2-10-23-13-19(26)14-4-9-18(25)17(12-14)20(22)27/h4-9,12,19,23,25-26H,2-3,10-11,13H2,1H3,(H2,22,27). The lowest BCUT2D eigenvalue weighted by Crippen LogP contribution is -2.24. The van der Waals surface area contributed by atoms with Gasteiger partial charge in [-0.3, -0.25) is 4.79 Å². The molecule has 27 heavy (non-hydrogen) atoms. The Morgan fingerprint density at radius 1 is 1.22 bits per heavy atom. The normalized spacial score (nSPS) is 12.0. The molecule has 0 bridgehead atoms. The number of rotatable bonds is 10. The molecule has 2 rings (SSSR count). The molecule has 0 aromatic heterocycles. The van der Waals surface area contributed by atoms with Crippen molar-refractivity contribution >= 4 is 23.2 Å². The molecule has 0 heterocycles. The summed E-state index contributed by atoms with van der Waals surface area (Å²) in [6, 6.07) is 12.1. The Balaban J connectivity index is 1.68. The summed E-state index contributed by atoms with van der Waals surface area (Å²) in [5, 5.41) is 23.7. The van der Waals surface area contributed by atoms with E-state index in [1.54, 1.807) is 6.07 Å². The van der Waals surface area contributed by atoms with Gasteiger partial charge in [-0.2, -0.15) is 0 Å². The van der Waals surface area contributed by atoms with Crippen LogP contribution in [0.4, 0.5) is 5.69 Å². The number of nitrogens with one attached hydrogen (secondary N) is 1. The summed E-state index contributed by atoms with van der Waals surface area (Å²) in [6.45, 7) is 2.05. The van der Waals surface area contributed by atoms with E-state index in [0.717, 1.165) is 36.6 Å². The van der Waals surface area contributed by atoms with Crippen molar-refractivity contribution in [1.82, 2.24) is 5.32 Å². The van der Waals surface area contributed by atoms with Gasteiger partial charge in [0.2, 0.25) is 0 Å². The van der Waals surface area contributed by atoms with E-state index in [9.17, 15) is 15.0 Å². The molecule has 0 aliphatic heterocycles. The summed E-state index contributed by atoms with van der Waals surface area (Å²) >= 11 is 5.90. The van der Waals surface area contributed by atoms with Gasteiger partial charge in [0.1, 0.15) is 5.75 Å². The van der Waals surface area contributed by atoms with E-state index in [0.29, 0.717) is 12.1 Å². The first-order valence-electron chi connectivity index (χ1n) is 8.86. The van der Waals surface area contributed by atoms with Crippen molar-refractivity contribution in [3.63, 3.8) is 0 Å². The van der Waals surface area contributed by atoms with Crippen molar-refractivity contribution in [3.05, 3.63) is 58.6 Å². The number of aliphatic hydroxyl groups is 1. The van der Waals surface area contributed by atoms with Crippen molar-refractivity contribution in [2.45, 2.75) is 18.9 Å². The number of anilines is 1. The number of hydrogen-bond acceptors (Lipinski definition) is 5. The number of amides is 1. The molecular weight excluding hydrogens is 366 g/mol. The zero-order valence-corrected chi connectivity index (χ0v) is 16.1. The average molecular weight is 392 g/mol. The number of primary amides is 1. The molecule has 6 nitrogen and oxygen atoms in total. The van der Waals surface area contributed by atoms with E-state index in [-0.39, 0.29) is 11.3 Å². The predicted molar refractivity (Wildman–Crippen MR) is 108 cm³/mol. The predicted octanol–water partition coefficient (Wildman–Crippen LogP) is 2.68. The first-order chi connectivity index (χ1) is 12.9. The Morgan fingerprint density at radius 3 is 2.59 bits per heavy atom. The summed E-state index contributed by atoms with van der Waals surface area (Å²) in [5.41, 5.74) is 6.88. The number of nitrogens with zero attached hydrogens (tertiary/aromatic N) is 1. The topological polar surface area (TPSA) is 98.8 Å². The van der Waals surface area contributed by atoms with E-state index in [2.05, 4.69) is 10.2 Å². The van der Waals surface area contributed by atoms with Crippen molar-refractivity contribution in [2.24, 2.45) is 5.73 Å². The number of nitrogens with two attached hydrogens (primary N) is 1. The van der Waals surface area contributed by atoms with Crippen LogP contribution in [-0.4, -0.2) is 42.8 Å². The minimum absolute atomic E-state index is 0.0109. The molecule has 1 amide bonds. The largest absolute Gasteiger partial charge is 0.507 e. The van der Waals surface area contributed by atoms with E-state index < -0.39 is 12.0 Å². The second kappa shape index (κ2) is 10.2. The van der Waals surface area contributed by atoms with Crippen LogP contribution < -0.4 is 16.0 Å². The van der Waals surface area contributed by atoms with Crippen molar-refractivity contribution in [3.8, 4) is 5.75 Å². The van der Waals surface area contributed by atoms with E-state index in [1.165, 1.54) is 12.1 Å². The number of carbonyl (C=O) groups is 1. The number of unbranched alkanes of at least 4 members (excludes halogenated alkanes) is 1. The van der Waals surface area contributed by atoms with Gasteiger partial charge in [0.25, 0.3) is 5.91 Å². The third kappa shape index (κ3) is 6.43. The van der Waals surface area contributed by atoms with Crippen LogP contribution in [-0.2, 0) is 0 Å². The van der Waals surface area contributed by atoms with Crippen LogP contribution in [0.5, 0.6) is 5.75 Å². The van der Waals surface area contributed by atoms with Crippen LogP contribution in [0.2, 0.25) is 5.02 Å². The van der Waals surface area contributed by atoms with Crippen molar-refractivity contribution in [1.29, 1.82) is 0 Å². The van der Waals surface area contributed by atoms with Gasteiger partial charge >= 0.3 is 0 Å². The Bertz CT molecular complexity index is 753. The Morgan fingerprint density at radius 2 is 1.93 bits per heavy atom. The van der Waals surface area contributed by atoms with Gasteiger partial charge in [0, 0.05) is 30.8 Å². The molecule has 5 N–H and O–H groups in total. The van der Waals surface area contributed by atoms with Crippen LogP contribution >= 0.6 is 11.6 Å². The van der Waals surface area contributed by atoms with E-state index >= 15 is 0 Å². The lowest BCUT2D eigenvalue weighted by atomic mass is 10.0. The molecule has 0 fully saturated rings. The first-order valence-corrected chi connectivity index (χ1v) is 9.24. The molecule has 1 unspecified atom stereocenters. The van der Waals surface area contributed by atoms with E-state index in [1.807, 2.05) is 31.3 Å². The van der Waals surface area contributed by atoms with Crippen LogP contribution in [0.15, 0.2) is 42.5 Å². The average Bonchev–Trinajstić information content (AvgIpc) is 2.64. The molecule has 0 spiro atoms. The highest BCUT2D eigenvalue weighted by Gasteiger charge is 2.13. The van der Waals surface area contributed by atoms with Crippen LogP contribution in [0, 0.1) is 0 Å². The summed E-state index contributed by atoms with van der Waals surface area (Å²) in [4.78, 5) is 13.4.